The lowest BCUT2D eigenvalue weighted by atomic mass is 9.88. The Kier molecular flexibility index (Phi) is 6.44. The van der Waals surface area contributed by atoms with E-state index < -0.39 is 0 Å². The molecule has 0 bridgehead atoms. The van der Waals surface area contributed by atoms with Gasteiger partial charge < -0.3 is 0 Å². The molecule has 0 aliphatic heterocycles. The molecule has 27 heavy (non-hydrogen) atoms. The molecule has 0 unspecified atom stereocenters. The third-order valence-electron chi connectivity index (χ3n) is 4.16. The Morgan fingerprint density at radius 1 is 1.41 bits per heavy atom. The molecule has 0 fully saturated rings. The van der Waals surface area contributed by atoms with Crippen LogP contribution in [0.4, 0.5) is 0 Å². The highest BCUT2D eigenvalue weighted by Gasteiger charge is 2.12. The fourth-order valence-corrected chi connectivity index (χ4v) is 3.11. The Labute approximate surface area is 163 Å². The molecule has 0 saturated heterocycles. The summed E-state index contributed by atoms with van der Waals surface area (Å²) in [5, 5.41) is 16.7. The summed E-state index contributed by atoms with van der Waals surface area (Å²) in [5.41, 5.74) is 4.92. The number of nitrogens with zero attached hydrogens (tertiary/aromatic N) is 3. The van der Waals surface area contributed by atoms with Crippen molar-refractivity contribution in [3.8, 4) is 6.07 Å². The molecule has 0 N–H and O–H groups in total. The van der Waals surface area contributed by atoms with E-state index in [-0.39, 0.29) is 5.71 Å². The zero-order chi connectivity index (χ0) is 19.1. The molecular weight excluding hydrogens is 358 g/mol. The summed E-state index contributed by atoms with van der Waals surface area (Å²) in [5.74, 6) is 0. The first kappa shape index (κ1) is 18.9. The molecule has 0 spiro atoms. The standard InChI is InChI=1S/C21H19N3O2S/c1-2-25-26-24(15-27)23-18(14-22)11-12-21-19-9-5-3-7-16(19)13-17-8-4-6-10-20(17)21/h3-5,7-9,11-13,15H,2,6,10H2,1H3/b12-11+,23-18+. The van der Waals surface area contributed by atoms with Crippen LogP contribution in [0.25, 0.3) is 22.9 Å². The van der Waals surface area contributed by atoms with E-state index in [9.17, 15) is 5.26 Å². The van der Waals surface area contributed by atoms with E-state index in [0.29, 0.717) is 6.61 Å². The number of thiocarbonyl (C=S) groups is 1. The molecule has 2 aromatic carbocycles. The second kappa shape index (κ2) is 9.19. The molecule has 1 aliphatic carbocycles. The molecule has 5 nitrogen and oxygen atoms in total. The number of hydrazone groups is 1. The van der Waals surface area contributed by atoms with E-state index in [2.05, 4.69) is 35.5 Å². The maximum atomic E-state index is 9.41. The molecule has 3 rings (SSSR count). The van der Waals surface area contributed by atoms with Gasteiger partial charge in [-0.15, -0.1) is 10.3 Å². The van der Waals surface area contributed by atoms with Gasteiger partial charge in [0.25, 0.3) is 0 Å². The van der Waals surface area contributed by atoms with Crippen molar-refractivity contribution in [2.75, 3.05) is 6.61 Å². The van der Waals surface area contributed by atoms with Crippen LogP contribution in [-0.2, 0) is 16.3 Å². The number of rotatable bonds is 7. The van der Waals surface area contributed by atoms with Crippen molar-refractivity contribution >= 4 is 46.3 Å². The highest BCUT2D eigenvalue weighted by atomic mass is 32.1. The minimum Gasteiger partial charge on any atom is -0.211 e. The fourth-order valence-electron chi connectivity index (χ4n) is 3.02. The first-order valence-electron chi connectivity index (χ1n) is 8.69. The number of allylic oxidation sites excluding steroid dienone is 2. The lowest BCUT2D eigenvalue weighted by molar-refractivity contribution is -0.397. The van der Waals surface area contributed by atoms with E-state index >= 15 is 0 Å². The zero-order valence-electron chi connectivity index (χ0n) is 15.0. The average molecular weight is 377 g/mol. The molecule has 0 saturated carbocycles. The normalized spacial score (nSPS) is 13.6. The van der Waals surface area contributed by atoms with Gasteiger partial charge in [0.1, 0.15) is 11.6 Å². The van der Waals surface area contributed by atoms with Gasteiger partial charge in [-0.2, -0.15) is 5.26 Å². The SMILES string of the molecule is CCOON(C=S)/N=C(C#N)\C=C\c1c2c(cc3ccccc13)C=CCC2. The van der Waals surface area contributed by atoms with Crippen molar-refractivity contribution < 1.29 is 9.88 Å². The molecule has 136 valence electrons. The summed E-state index contributed by atoms with van der Waals surface area (Å²) >= 11 is 4.82. The monoisotopic (exact) mass is 377 g/mol. The lowest BCUT2D eigenvalue weighted by Crippen LogP contribution is -2.17. The van der Waals surface area contributed by atoms with Crippen molar-refractivity contribution in [2.45, 2.75) is 19.8 Å². The highest BCUT2D eigenvalue weighted by molar-refractivity contribution is 7.78. The van der Waals surface area contributed by atoms with E-state index in [4.69, 9.17) is 22.1 Å². The Balaban J connectivity index is 2.01. The van der Waals surface area contributed by atoms with Crippen LogP contribution >= 0.6 is 12.2 Å². The van der Waals surface area contributed by atoms with Gasteiger partial charge in [0.15, 0.2) is 5.71 Å². The second-order valence-electron chi connectivity index (χ2n) is 5.84. The third-order valence-corrected chi connectivity index (χ3v) is 4.34. The molecule has 0 heterocycles. The maximum absolute atomic E-state index is 9.41. The second-order valence-corrected chi connectivity index (χ2v) is 6.05. The Morgan fingerprint density at radius 3 is 3.04 bits per heavy atom. The van der Waals surface area contributed by atoms with Gasteiger partial charge in [0, 0.05) is 0 Å². The van der Waals surface area contributed by atoms with Gasteiger partial charge >= 0.3 is 0 Å². The number of fused-ring (bicyclic) bond motifs is 2. The molecule has 0 atom stereocenters. The smallest absolute Gasteiger partial charge is 0.163 e. The maximum Gasteiger partial charge on any atom is 0.163 e. The van der Waals surface area contributed by atoms with E-state index in [1.54, 1.807) is 13.0 Å². The minimum atomic E-state index is 0.156. The van der Waals surface area contributed by atoms with Crippen LogP contribution in [0.5, 0.6) is 0 Å². The molecule has 2 aromatic rings. The van der Waals surface area contributed by atoms with Gasteiger partial charge in [0.05, 0.1) is 6.61 Å². The summed E-state index contributed by atoms with van der Waals surface area (Å²) < 4.78 is 0. The van der Waals surface area contributed by atoms with Crippen molar-refractivity contribution in [3.63, 3.8) is 0 Å². The van der Waals surface area contributed by atoms with Crippen LogP contribution in [0.15, 0.2) is 47.6 Å². The summed E-state index contributed by atoms with van der Waals surface area (Å²) in [7, 11) is 0. The van der Waals surface area contributed by atoms with E-state index in [0.717, 1.165) is 39.8 Å². The van der Waals surface area contributed by atoms with Crippen molar-refractivity contribution in [2.24, 2.45) is 5.10 Å². The Bertz CT molecular complexity index is 973. The molecule has 0 aromatic heterocycles. The fraction of sp³-hybridized carbons (Fsp3) is 0.190. The Morgan fingerprint density at radius 2 is 2.26 bits per heavy atom. The largest absolute Gasteiger partial charge is 0.211 e. The van der Waals surface area contributed by atoms with Crippen molar-refractivity contribution in [1.82, 2.24) is 5.17 Å². The summed E-state index contributed by atoms with van der Waals surface area (Å²) in [4.78, 5) is 9.68. The number of hydrogen-bond donors (Lipinski definition) is 0. The van der Waals surface area contributed by atoms with Crippen LogP contribution in [0.3, 0.4) is 0 Å². The van der Waals surface area contributed by atoms with Crippen LogP contribution in [0.2, 0.25) is 0 Å². The predicted octanol–water partition coefficient (Wildman–Crippen LogP) is 4.83. The van der Waals surface area contributed by atoms with Gasteiger partial charge in [-0.1, -0.05) is 59.7 Å². The topological polar surface area (TPSA) is 57.9 Å². The zero-order valence-corrected chi connectivity index (χ0v) is 15.8. The Hall–Kier alpha value is -2.85. The van der Waals surface area contributed by atoms with Gasteiger partial charge in [-0.25, -0.2) is 4.89 Å². The third kappa shape index (κ3) is 4.47. The minimum absolute atomic E-state index is 0.156. The average Bonchev–Trinajstić information content (AvgIpc) is 2.72. The molecule has 0 amide bonds. The number of benzene rings is 2. The highest BCUT2D eigenvalue weighted by Crippen LogP contribution is 2.31. The van der Waals surface area contributed by atoms with Crippen LogP contribution < -0.4 is 0 Å². The quantitative estimate of drug-likeness (QED) is 0.299. The lowest BCUT2D eigenvalue weighted by Gasteiger charge is -2.16. The van der Waals surface area contributed by atoms with Crippen LogP contribution in [0.1, 0.15) is 30.0 Å². The van der Waals surface area contributed by atoms with Gasteiger partial charge in [-0.05, 0) is 59.4 Å². The van der Waals surface area contributed by atoms with Gasteiger partial charge in [0.2, 0.25) is 0 Å². The van der Waals surface area contributed by atoms with Crippen molar-refractivity contribution in [3.05, 3.63) is 59.2 Å². The molecule has 6 heteroatoms. The summed E-state index contributed by atoms with van der Waals surface area (Å²) in [6.07, 6.45) is 9.92. The van der Waals surface area contributed by atoms with Gasteiger partial charge in [-0.3, -0.25) is 0 Å². The predicted molar refractivity (Wildman–Crippen MR) is 112 cm³/mol. The summed E-state index contributed by atoms with van der Waals surface area (Å²) in [6.45, 7) is 2.11. The number of hydrogen-bond acceptors (Lipinski definition) is 5. The van der Waals surface area contributed by atoms with Crippen LogP contribution in [-0.4, -0.2) is 23.0 Å². The molecule has 1 aliphatic rings. The molecule has 0 radical (unpaired) electrons. The van der Waals surface area contributed by atoms with Crippen LogP contribution in [0, 0.1) is 11.3 Å². The molecular formula is C21H19N3O2S. The van der Waals surface area contributed by atoms with E-state index in [1.807, 2.05) is 24.3 Å². The number of hydroxylamine groups is 1. The van der Waals surface area contributed by atoms with E-state index in [1.165, 1.54) is 11.1 Å². The summed E-state index contributed by atoms with van der Waals surface area (Å²) in [6, 6.07) is 12.5. The van der Waals surface area contributed by atoms with Crippen molar-refractivity contribution in [1.29, 1.82) is 5.26 Å². The first-order chi connectivity index (χ1) is 13.3. The number of nitriles is 1. The first-order valence-corrected chi connectivity index (χ1v) is 9.16.